The van der Waals surface area contributed by atoms with Gasteiger partial charge in [0.1, 0.15) is 5.82 Å². The first kappa shape index (κ1) is 17.4. The molecule has 1 spiro atoms. The smallest absolute Gasteiger partial charge is 0.254 e. The Hall–Kier alpha value is -1.73. The largest absolute Gasteiger partial charge is 0.379 e. The van der Waals surface area contributed by atoms with Crippen molar-refractivity contribution in [3.63, 3.8) is 0 Å². The van der Waals surface area contributed by atoms with Gasteiger partial charge in [-0.15, -0.1) is 0 Å². The van der Waals surface area contributed by atoms with Crippen molar-refractivity contribution in [1.82, 2.24) is 19.8 Å². The van der Waals surface area contributed by atoms with Crippen LogP contribution in [-0.4, -0.2) is 71.6 Å². The Balaban J connectivity index is 1.28. The van der Waals surface area contributed by atoms with Crippen LogP contribution in [0.1, 0.15) is 55.1 Å². The normalized spacial score (nSPS) is 25.0. The van der Waals surface area contributed by atoms with Crippen LogP contribution in [0.2, 0.25) is 0 Å². The molecule has 4 aliphatic rings. The fourth-order valence-electron chi connectivity index (χ4n) is 4.94. The topological polar surface area (TPSA) is 78.5 Å². The van der Waals surface area contributed by atoms with Gasteiger partial charge in [0.15, 0.2) is 0 Å². The van der Waals surface area contributed by atoms with E-state index in [1.807, 2.05) is 4.90 Å². The van der Waals surface area contributed by atoms with Crippen LogP contribution < -0.4 is 5.56 Å². The second-order valence-corrected chi connectivity index (χ2v) is 8.60. The molecule has 1 aromatic heterocycles. The van der Waals surface area contributed by atoms with E-state index in [0.29, 0.717) is 12.5 Å². The van der Waals surface area contributed by atoms with Gasteiger partial charge in [0.05, 0.1) is 25.5 Å². The van der Waals surface area contributed by atoms with Crippen molar-refractivity contribution in [2.75, 3.05) is 45.9 Å². The lowest BCUT2D eigenvalue weighted by Gasteiger charge is -2.40. The van der Waals surface area contributed by atoms with E-state index in [0.717, 1.165) is 95.0 Å². The summed E-state index contributed by atoms with van der Waals surface area (Å²) in [6.45, 7) is 5.16. The third-order valence-corrected chi connectivity index (χ3v) is 6.89. The number of ether oxygens (including phenoxy) is 1. The summed E-state index contributed by atoms with van der Waals surface area (Å²) in [6.07, 6.45) is 5.95. The molecule has 7 nitrogen and oxygen atoms in total. The van der Waals surface area contributed by atoms with E-state index in [2.05, 4.69) is 9.88 Å². The number of H-pyrrole nitrogens is 1. The van der Waals surface area contributed by atoms with Gasteiger partial charge in [0.25, 0.3) is 5.56 Å². The number of rotatable bonds is 3. The molecular formula is C20H28N4O3. The highest BCUT2D eigenvalue weighted by Crippen LogP contribution is 2.45. The number of likely N-dealkylation sites (tertiary alicyclic amines) is 1. The molecule has 7 heteroatoms. The lowest BCUT2D eigenvalue weighted by Crippen LogP contribution is -2.49. The molecule has 2 saturated heterocycles. The molecule has 0 radical (unpaired) electrons. The molecule has 3 fully saturated rings. The van der Waals surface area contributed by atoms with Crippen LogP contribution in [0.25, 0.3) is 0 Å². The number of morpholine rings is 1. The number of nitrogens with zero attached hydrogens (tertiary/aromatic N) is 3. The Bertz CT molecular complexity index is 787. The summed E-state index contributed by atoms with van der Waals surface area (Å²) in [5.41, 5.74) is 2.02. The number of nitrogens with one attached hydrogen (secondary N) is 1. The lowest BCUT2D eigenvalue weighted by molar-refractivity contribution is -0.135. The number of carbonyl (C=O) groups is 1. The predicted octanol–water partition coefficient (Wildman–Crippen LogP) is 0.786. The highest BCUT2D eigenvalue weighted by Gasteiger charge is 2.45. The number of aromatic amines is 1. The summed E-state index contributed by atoms with van der Waals surface area (Å²) in [5.74, 6) is 1.57. The molecule has 0 bridgehead atoms. The fraction of sp³-hybridized carbons (Fsp3) is 0.750. The summed E-state index contributed by atoms with van der Waals surface area (Å²) in [5, 5.41) is 0. The van der Waals surface area contributed by atoms with Crippen LogP contribution in [0, 0.1) is 0 Å². The third-order valence-electron chi connectivity index (χ3n) is 6.89. The average molecular weight is 372 g/mol. The molecule has 1 N–H and O–H groups in total. The molecule has 1 saturated carbocycles. The number of hydrogen-bond donors (Lipinski definition) is 1. The molecule has 27 heavy (non-hydrogen) atoms. The Kier molecular flexibility index (Phi) is 4.31. The summed E-state index contributed by atoms with van der Waals surface area (Å²) in [4.78, 5) is 37.3. The second kappa shape index (κ2) is 6.71. The van der Waals surface area contributed by atoms with Crippen molar-refractivity contribution in [2.24, 2.45) is 0 Å². The zero-order valence-corrected chi connectivity index (χ0v) is 15.8. The van der Waals surface area contributed by atoms with E-state index in [-0.39, 0.29) is 16.9 Å². The van der Waals surface area contributed by atoms with Crippen molar-refractivity contribution in [1.29, 1.82) is 0 Å². The van der Waals surface area contributed by atoms with Gasteiger partial charge < -0.3 is 14.6 Å². The van der Waals surface area contributed by atoms with E-state index in [9.17, 15) is 9.59 Å². The second-order valence-electron chi connectivity index (χ2n) is 8.60. The highest BCUT2D eigenvalue weighted by atomic mass is 16.5. The first-order chi connectivity index (χ1) is 13.1. The maximum atomic E-state index is 12.7. The van der Waals surface area contributed by atoms with Crippen molar-refractivity contribution in [3.8, 4) is 0 Å². The van der Waals surface area contributed by atoms with Gasteiger partial charge in [-0.2, -0.15) is 0 Å². The Morgan fingerprint density at radius 1 is 1.15 bits per heavy atom. The van der Waals surface area contributed by atoms with Crippen LogP contribution in [0.5, 0.6) is 0 Å². The third kappa shape index (κ3) is 3.21. The number of amides is 1. The fourth-order valence-corrected chi connectivity index (χ4v) is 4.94. The molecule has 5 rings (SSSR count). The van der Waals surface area contributed by atoms with E-state index in [1.54, 1.807) is 0 Å². The van der Waals surface area contributed by atoms with Crippen LogP contribution >= 0.6 is 0 Å². The van der Waals surface area contributed by atoms with Crippen molar-refractivity contribution >= 4 is 5.91 Å². The quantitative estimate of drug-likeness (QED) is 0.849. The standard InChI is InChI=1S/C20H28N4O3/c25-16(13-23-9-11-27-12-10-23)24-7-5-20(6-8-24)4-3-15-17(20)21-18(14-1-2-14)22-19(15)26/h14H,1-13H2,(H,21,22,26). The zero-order valence-electron chi connectivity index (χ0n) is 15.8. The SMILES string of the molecule is O=C(CN1CCOCC1)N1CCC2(CCc3c2nc(C2CC2)[nH]c3=O)CC1. The molecule has 0 aromatic carbocycles. The van der Waals surface area contributed by atoms with Gasteiger partial charge in [-0.25, -0.2) is 4.98 Å². The minimum atomic E-state index is 0.00295. The molecule has 1 aromatic rings. The van der Waals surface area contributed by atoms with Crippen molar-refractivity contribution in [3.05, 3.63) is 27.4 Å². The number of piperidine rings is 1. The van der Waals surface area contributed by atoms with Crippen molar-refractivity contribution in [2.45, 2.75) is 49.9 Å². The number of hydrogen-bond acceptors (Lipinski definition) is 5. The molecule has 1 amide bonds. The molecule has 0 atom stereocenters. The van der Waals surface area contributed by atoms with E-state index < -0.39 is 0 Å². The maximum absolute atomic E-state index is 12.7. The van der Waals surface area contributed by atoms with Crippen LogP contribution in [0.4, 0.5) is 0 Å². The number of fused-ring (bicyclic) bond motifs is 2. The summed E-state index contributed by atoms with van der Waals surface area (Å²) in [6, 6.07) is 0. The average Bonchev–Trinajstić information content (AvgIpc) is 3.48. The Labute approximate surface area is 159 Å². The molecular weight excluding hydrogens is 344 g/mol. The van der Waals surface area contributed by atoms with Gasteiger partial charge in [0, 0.05) is 43.1 Å². The van der Waals surface area contributed by atoms with E-state index >= 15 is 0 Å². The van der Waals surface area contributed by atoms with Crippen LogP contribution in [0.3, 0.4) is 0 Å². The Morgan fingerprint density at radius 2 is 1.89 bits per heavy atom. The van der Waals surface area contributed by atoms with Gasteiger partial charge >= 0.3 is 0 Å². The first-order valence-corrected chi connectivity index (χ1v) is 10.4. The summed E-state index contributed by atoms with van der Waals surface area (Å²) in [7, 11) is 0. The van der Waals surface area contributed by atoms with E-state index in [1.165, 1.54) is 0 Å². The predicted molar refractivity (Wildman–Crippen MR) is 99.9 cm³/mol. The minimum absolute atomic E-state index is 0.00295. The van der Waals surface area contributed by atoms with Crippen LogP contribution in [0.15, 0.2) is 4.79 Å². The minimum Gasteiger partial charge on any atom is -0.379 e. The van der Waals surface area contributed by atoms with Crippen molar-refractivity contribution < 1.29 is 9.53 Å². The van der Waals surface area contributed by atoms with Gasteiger partial charge in [-0.05, 0) is 38.5 Å². The van der Waals surface area contributed by atoms with Crippen LogP contribution in [-0.2, 0) is 21.4 Å². The first-order valence-electron chi connectivity index (χ1n) is 10.4. The van der Waals surface area contributed by atoms with Gasteiger partial charge in [-0.1, -0.05) is 0 Å². The van der Waals surface area contributed by atoms with E-state index in [4.69, 9.17) is 9.72 Å². The lowest BCUT2D eigenvalue weighted by atomic mass is 9.76. The molecule has 0 unspecified atom stereocenters. The molecule has 2 aliphatic carbocycles. The molecule has 3 heterocycles. The maximum Gasteiger partial charge on any atom is 0.254 e. The molecule has 2 aliphatic heterocycles. The molecule has 146 valence electrons. The number of aromatic nitrogens is 2. The van der Waals surface area contributed by atoms with Gasteiger partial charge in [-0.3, -0.25) is 14.5 Å². The zero-order chi connectivity index (χ0) is 18.4. The van der Waals surface area contributed by atoms with Gasteiger partial charge in [0.2, 0.25) is 5.91 Å². The summed E-state index contributed by atoms with van der Waals surface area (Å²) >= 11 is 0. The Morgan fingerprint density at radius 3 is 2.59 bits per heavy atom. The summed E-state index contributed by atoms with van der Waals surface area (Å²) < 4.78 is 5.36. The monoisotopic (exact) mass is 372 g/mol. The highest BCUT2D eigenvalue weighted by molar-refractivity contribution is 5.78. The number of carbonyl (C=O) groups excluding carboxylic acids is 1.